The molecule has 0 N–H and O–H groups in total. The maximum Gasteiger partial charge on any atom is 0.164 e. The Bertz CT molecular complexity index is 2080. The van der Waals surface area contributed by atoms with Gasteiger partial charge in [0.25, 0.3) is 0 Å². The van der Waals surface area contributed by atoms with Crippen molar-refractivity contribution in [2.45, 2.75) is 0 Å². The average molecular weight is 565 g/mol. The van der Waals surface area contributed by atoms with E-state index in [9.17, 15) is 0 Å². The number of pyridine rings is 1. The molecular formula is C40H28N4. The quantitative estimate of drug-likeness (QED) is 0.193. The van der Waals surface area contributed by atoms with Crippen LogP contribution in [-0.4, -0.2) is 19.9 Å². The largest absolute Gasteiger partial charge is 0.264 e. The summed E-state index contributed by atoms with van der Waals surface area (Å²) in [6.45, 7) is 8.19. The number of rotatable bonds is 7. The van der Waals surface area contributed by atoms with Crippen molar-refractivity contribution in [3.05, 3.63) is 158 Å². The molecule has 7 rings (SSSR count). The van der Waals surface area contributed by atoms with Crippen LogP contribution in [0.4, 0.5) is 0 Å². The normalized spacial score (nSPS) is 10.9. The van der Waals surface area contributed by atoms with Gasteiger partial charge >= 0.3 is 0 Å². The van der Waals surface area contributed by atoms with E-state index in [1.165, 1.54) is 0 Å². The molecule has 0 unspecified atom stereocenters. The third-order valence-electron chi connectivity index (χ3n) is 7.74. The summed E-state index contributed by atoms with van der Waals surface area (Å²) in [4.78, 5) is 19.3. The monoisotopic (exact) mass is 564 g/mol. The van der Waals surface area contributed by atoms with Gasteiger partial charge in [-0.15, -0.1) is 0 Å². The Morgan fingerprint density at radius 2 is 1.00 bits per heavy atom. The summed E-state index contributed by atoms with van der Waals surface area (Å²) in [6.07, 6.45) is 7.47. The van der Waals surface area contributed by atoms with Crippen molar-refractivity contribution in [2.75, 3.05) is 0 Å². The van der Waals surface area contributed by atoms with E-state index in [0.717, 1.165) is 60.8 Å². The Balaban J connectivity index is 1.52. The lowest BCUT2D eigenvalue weighted by atomic mass is 9.89. The van der Waals surface area contributed by atoms with Crippen molar-refractivity contribution in [1.29, 1.82) is 0 Å². The van der Waals surface area contributed by atoms with Crippen LogP contribution in [-0.2, 0) is 0 Å². The molecule has 4 nitrogen and oxygen atoms in total. The highest BCUT2D eigenvalue weighted by molar-refractivity contribution is 6.04. The second-order valence-corrected chi connectivity index (χ2v) is 10.5. The first-order chi connectivity index (χ1) is 21.7. The van der Waals surface area contributed by atoms with E-state index < -0.39 is 0 Å². The zero-order chi connectivity index (χ0) is 29.9. The van der Waals surface area contributed by atoms with Gasteiger partial charge in [0.15, 0.2) is 17.5 Å². The van der Waals surface area contributed by atoms with Gasteiger partial charge in [-0.3, -0.25) is 4.98 Å². The zero-order valence-electron chi connectivity index (χ0n) is 24.1. The molecule has 0 bridgehead atoms. The van der Waals surface area contributed by atoms with Crippen LogP contribution in [0, 0.1) is 0 Å². The fraction of sp³-hybridized carbons (Fsp3) is 0. The highest BCUT2D eigenvalue weighted by Crippen LogP contribution is 2.38. The summed E-state index contributed by atoms with van der Waals surface area (Å²) in [7, 11) is 0. The first-order valence-electron chi connectivity index (χ1n) is 14.5. The topological polar surface area (TPSA) is 51.6 Å². The number of hydrogen-bond donors (Lipinski definition) is 0. The molecule has 5 aromatic carbocycles. The molecule has 7 aromatic rings. The van der Waals surface area contributed by atoms with Crippen molar-refractivity contribution >= 4 is 22.9 Å². The Morgan fingerprint density at radius 3 is 1.59 bits per heavy atom. The molecule has 44 heavy (non-hydrogen) atoms. The molecule has 208 valence electrons. The van der Waals surface area contributed by atoms with Crippen LogP contribution in [0.3, 0.4) is 0 Å². The minimum absolute atomic E-state index is 0.598. The van der Waals surface area contributed by atoms with Gasteiger partial charge in [0.2, 0.25) is 0 Å². The molecule has 0 aliphatic rings. The molecule has 0 amide bonds. The lowest BCUT2D eigenvalue weighted by Gasteiger charge is -2.16. The van der Waals surface area contributed by atoms with Crippen LogP contribution >= 0.6 is 0 Å². The van der Waals surface area contributed by atoms with Gasteiger partial charge in [-0.05, 0) is 68.9 Å². The van der Waals surface area contributed by atoms with Crippen molar-refractivity contribution in [2.24, 2.45) is 0 Å². The van der Waals surface area contributed by atoms with E-state index in [-0.39, 0.29) is 0 Å². The van der Waals surface area contributed by atoms with Crippen LogP contribution in [0.2, 0.25) is 0 Å². The molecule has 0 fully saturated rings. The second-order valence-electron chi connectivity index (χ2n) is 10.5. The maximum atomic E-state index is 5.03. The van der Waals surface area contributed by atoms with Crippen LogP contribution < -0.4 is 0 Å². The van der Waals surface area contributed by atoms with E-state index >= 15 is 0 Å². The number of fused-ring (bicyclic) bond motifs is 1. The highest BCUT2D eigenvalue weighted by Gasteiger charge is 2.17. The van der Waals surface area contributed by atoms with E-state index in [0.29, 0.717) is 17.5 Å². The Labute approximate surface area is 256 Å². The lowest BCUT2D eigenvalue weighted by molar-refractivity contribution is 1.07. The highest BCUT2D eigenvalue weighted by atomic mass is 15.0. The smallest absolute Gasteiger partial charge is 0.164 e. The molecule has 0 radical (unpaired) electrons. The summed E-state index contributed by atoms with van der Waals surface area (Å²) >= 11 is 0. The first-order valence-corrected chi connectivity index (χ1v) is 14.5. The second kappa shape index (κ2) is 11.7. The fourth-order valence-corrected chi connectivity index (χ4v) is 5.60. The molecule has 0 saturated heterocycles. The Kier molecular flexibility index (Phi) is 7.15. The third kappa shape index (κ3) is 5.10. The van der Waals surface area contributed by atoms with Gasteiger partial charge in [0, 0.05) is 34.6 Å². The molecule has 0 aliphatic carbocycles. The van der Waals surface area contributed by atoms with Gasteiger partial charge in [-0.1, -0.05) is 116 Å². The van der Waals surface area contributed by atoms with Crippen molar-refractivity contribution < 1.29 is 0 Å². The van der Waals surface area contributed by atoms with Gasteiger partial charge in [0.05, 0.1) is 0 Å². The number of benzene rings is 5. The third-order valence-corrected chi connectivity index (χ3v) is 7.74. The van der Waals surface area contributed by atoms with Gasteiger partial charge in [-0.2, -0.15) is 0 Å². The van der Waals surface area contributed by atoms with E-state index in [2.05, 4.69) is 72.7 Å². The maximum absolute atomic E-state index is 5.03. The summed E-state index contributed by atoms with van der Waals surface area (Å²) in [5.74, 6) is 1.84. The molecular weight excluding hydrogens is 536 g/mol. The Morgan fingerprint density at radius 1 is 0.455 bits per heavy atom. The minimum Gasteiger partial charge on any atom is -0.264 e. The van der Waals surface area contributed by atoms with Gasteiger partial charge < -0.3 is 0 Å². The lowest BCUT2D eigenvalue weighted by Crippen LogP contribution is -2.00. The van der Waals surface area contributed by atoms with Crippen molar-refractivity contribution in [3.8, 4) is 56.4 Å². The summed E-state index contributed by atoms with van der Waals surface area (Å²) in [6, 6.07) is 41.2. The Hall–Kier alpha value is -6.00. The van der Waals surface area contributed by atoms with Crippen molar-refractivity contribution in [3.63, 3.8) is 0 Å². The fourth-order valence-electron chi connectivity index (χ4n) is 5.60. The van der Waals surface area contributed by atoms with Crippen LogP contribution in [0.15, 0.2) is 147 Å². The molecule has 0 spiro atoms. The number of aromatic nitrogens is 4. The predicted octanol–water partition coefficient (Wildman–Crippen LogP) is 10.0. The molecule has 4 heteroatoms. The van der Waals surface area contributed by atoms with Crippen molar-refractivity contribution in [1.82, 2.24) is 19.9 Å². The molecule has 2 aromatic heterocycles. The number of hydrogen-bond acceptors (Lipinski definition) is 4. The molecule has 2 heterocycles. The minimum atomic E-state index is 0.598. The van der Waals surface area contributed by atoms with E-state index in [4.69, 9.17) is 15.0 Å². The van der Waals surface area contributed by atoms with E-state index in [1.54, 1.807) is 6.20 Å². The van der Waals surface area contributed by atoms with Crippen LogP contribution in [0.5, 0.6) is 0 Å². The van der Waals surface area contributed by atoms with Gasteiger partial charge in [0.1, 0.15) is 0 Å². The van der Waals surface area contributed by atoms with Crippen LogP contribution in [0.25, 0.3) is 79.3 Å². The van der Waals surface area contributed by atoms with E-state index in [1.807, 2.05) is 85.1 Å². The standard InChI is InChI=1S/C40H28N4/c1-3-27-25-37(36-20-12-11-19-35(36)34(27)4-2)32-22-31(30-18-13-21-41-26-30)23-33(24-32)40-43-38(28-14-7-5-8-15-28)42-39(44-40)29-16-9-6-10-17-29/h3-26H,1-2H2. The summed E-state index contributed by atoms with van der Waals surface area (Å²) < 4.78 is 0. The number of nitrogens with zero attached hydrogens (tertiary/aromatic N) is 4. The van der Waals surface area contributed by atoms with Gasteiger partial charge in [-0.25, -0.2) is 15.0 Å². The zero-order valence-corrected chi connectivity index (χ0v) is 24.1. The summed E-state index contributed by atoms with van der Waals surface area (Å²) in [5.41, 5.74) is 9.00. The molecule has 0 atom stereocenters. The van der Waals surface area contributed by atoms with Crippen LogP contribution in [0.1, 0.15) is 11.1 Å². The predicted molar refractivity (Wildman–Crippen MR) is 182 cm³/mol. The average Bonchev–Trinajstić information content (AvgIpc) is 3.11. The summed E-state index contributed by atoms with van der Waals surface area (Å²) in [5, 5.41) is 2.26. The molecule has 0 saturated carbocycles. The first kappa shape index (κ1) is 26.9. The SMILES string of the molecule is C=Cc1cc(-c2cc(-c3cccnc3)cc(-c3nc(-c4ccccc4)nc(-c4ccccc4)n3)c2)c2ccccc2c1C=C. The molecule has 0 aliphatic heterocycles.